The standard InChI is InChI=1S/C11H11ClN2O2/c1-14(6-5-13)11(15)16-8-9-3-2-4-10(12)7-9/h2-4,7H,6,8H2,1H3. The van der Waals surface area contributed by atoms with Crippen LogP contribution >= 0.6 is 11.6 Å². The number of carbonyl (C=O) groups is 1. The van der Waals surface area contributed by atoms with Crippen molar-refractivity contribution in [1.82, 2.24) is 4.90 Å². The van der Waals surface area contributed by atoms with Crippen LogP contribution in [0, 0.1) is 11.3 Å². The third kappa shape index (κ3) is 3.79. The number of amides is 1. The Morgan fingerprint density at radius 3 is 3.00 bits per heavy atom. The van der Waals surface area contributed by atoms with Gasteiger partial charge in [-0.2, -0.15) is 5.26 Å². The Morgan fingerprint density at radius 1 is 1.62 bits per heavy atom. The van der Waals surface area contributed by atoms with E-state index in [4.69, 9.17) is 21.6 Å². The number of hydrogen-bond donors (Lipinski definition) is 0. The van der Waals surface area contributed by atoms with Gasteiger partial charge in [0.15, 0.2) is 0 Å². The Hall–Kier alpha value is -1.73. The fraction of sp³-hybridized carbons (Fsp3) is 0.273. The molecule has 5 heteroatoms. The van der Waals surface area contributed by atoms with E-state index in [-0.39, 0.29) is 13.2 Å². The monoisotopic (exact) mass is 238 g/mol. The lowest BCUT2D eigenvalue weighted by Crippen LogP contribution is -2.27. The van der Waals surface area contributed by atoms with Crippen molar-refractivity contribution in [2.24, 2.45) is 0 Å². The summed E-state index contributed by atoms with van der Waals surface area (Å²) in [6.45, 7) is 0.156. The lowest BCUT2D eigenvalue weighted by atomic mass is 10.2. The van der Waals surface area contributed by atoms with E-state index in [0.717, 1.165) is 5.56 Å². The van der Waals surface area contributed by atoms with Crippen LogP contribution in [0.1, 0.15) is 5.56 Å². The Labute approximate surface area is 99.0 Å². The third-order valence-electron chi connectivity index (χ3n) is 1.87. The molecule has 84 valence electrons. The quantitative estimate of drug-likeness (QED) is 0.760. The van der Waals surface area contributed by atoms with Crippen molar-refractivity contribution in [3.05, 3.63) is 34.9 Å². The highest BCUT2D eigenvalue weighted by Gasteiger charge is 2.08. The lowest BCUT2D eigenvalue weighted by Gasteiger charge is -2.13. The molecule has 0 fully saturated rings. The van der Waals surface area contributed by atoms with E-state index in [2.05, 4.69) is 0 Å². The van der Waals surface area contributed by atoms with Crippen LogP contribution in [0.4, 0.5) is 4.79 Å². The van der Waals surface area contributed by atoms with E-state index in [1.807, 2.05) is 12.1 Å². The zero-order valence-electron chi connectivity index (χ0n) is 8.81. The summed E-state index contributed by atoms with van der Waals surface area (Å²) in [6, 6.07) is 8.92. The molecule has 0 aromatic heterocycles. The van der Waals surface area contributed by atoms with Gasteiger partial charge in [-0.05, 0) is 17.7 Å². The number of nitrogens with zero attached hydrogens (tertiary/aromatic N) is 2. The molecule has 0 aliphatic carbocycles. The molecule has 1 aromatic carbocycles. The van der Waals surface area contributed by atoms with Crippen LogP contribution in [-0.2, 0) is 11.3 Å². The number of benzene rings is 1. The fourth-order valence-electron chi connectivity index (χ4n) is 1.05. The molecule has 16 heavy (non-hydrogen) atoms. The van der Waals surface area contributed by atoms with Gasteiger partial charge in [0, 0.05) is 12.1 Å². The Balaban J connectivity index is 2.46. The van der Waals surface area contributed by atoms with Gasteiger partial charge in [0.2, 0.25) is 0 Å². The van der Waals surface area contributed by atoms with E-state index in [0.29, 0.717) is 5.02 Å². The molecule has 0 N–H and O–H groups in total. The van der Waals surface area contributed by atoms with Crippen LogP contribution in [-0.4, -0.2) is 24.6 Å². The summed E-state index contributed by atoms with van der Waals surface area (Å²) in [7, 11) is 1.50. The summed E-state index contributed by atoms with van der Waals surface area (Å²) in [5.41, 5.74) is 0.811. The molecular formula is C11H11ClN2O2. The average Bonchev–Trinajstić information content (AvgIpc) is 2.26. The zero-order valence-corrected chi connectivity index (χ0v) is 9.57. The summed E-state index contributed by atoms with van der Waals surface area (Å²) in [5, 5.41) is 8.99. The van der Waals surface area contributed by atoms with E-state index in [1.54, 1.807) is 18.2 Å². The maximum atomic E-state index is 11.3. The maximum Gasteiger partial charge on any atom is 0.410 e. The smallest absolute Gasteiger partial charge is 0.410 e. The highest BCUT2D eigenvalue weighted by Crippen LogP contribution is 2.11. The predicted molar refractivity (Wildman–Crippen MR) is 59.9 cm³/mol. The molecule has 0 saturated heterocycles. The molecule has 0 bridgehead atoms. The fourth-order valence-corrected chi connectivity index (χ4v) is 1.27. The highest BCUT2D eigenvalue weighted by molar-refractivity contribution is 6.30. The first-order valence-corrected chi connectivity index (χ1v) is 5.00. The molecule has 1 aromatic rings. The normalized spacial score (nSPS) is 9.31. The van der Waals surface area contributed by atoms with Gasteiger partial charge in [0.05, 0.1) is 6.07 Å². The van der Waals surface area contributed by atoms with E-state index >= 15 is 0 Å². The molecule has 0 unspecified atom stereocenters. The molecule has 1 amide bonds. The van der Waals surface area contributed by atoms with Crippen LogP contribution in [0.15, 0.2) is 24.3 Å². The minimum Gasteiger partial charge on any atom is -0.445 e. The molecule has 0 aliphatic rings. The van der Waals surface area contributed by atoms with Gasteiger partial charge in [-0.3, -0.25) is 4.90 Å². The van der Waals surface area contributed by atoms with Crippen LogP contribution in [0.5, 0.6) is 0 Å². The van der Waals surface area contributed by atoms with Crippen LogP contribution in [0.25, 0.3) is 0 Å². The molecule has 0 atom stereocenters. The number of ether oxygens (including phenoxy) is 1. The van der Waals surface area contributed by atoms with Crippen molar-refractivity contribution in [3.8, 4) is 6.07 Å². The summed E-state index contributed by atoms with van der Waals surface area (Å²) in [4.78, 5) is 12.5. The van der Waals surface area contributed by atoms with Crippen LogP contribution in [0.2, 0.25) is 5.02 Å². The van der Waals surface area contributed by atoms with Crippen molar-refractivity contribution >= 4 is 17.7 Å². The Kier molecular flexibility index (Phi) is 4.62. The molecule has 0 radical (unpaired) electrons. The zero-order chi connectivity index (χ0) is 12.0. The Morgan fingerprint density at radius 2 is 2.38 bits per heavy atom. The first-order valence-electron chi connectivity index (χ1n) is 4.63. The number of carbonyl (C=O) groups excluding carboxylic acids is 1. The average molecular weight is 239 g/mol. The maximum absolute atomic E-state index is 11.3. The number of nitriles is 1. The second-order valence-corrected chi connectivity index (χ2v) is 3.64. The van der Waals surface area contributed by atoms with Gasteiger partial charge in [-0.15, -0.1) is 0 Å². The number of hydrogen-bond acceptors (Lipinski definition) is 3. The summed E-state index contributed by atoms with van der Waals surface area (Å²) >= 11 is 5.78. The van der Waals surface area contributed by atoms with E-state index in [9.17, 15) is 4.79 Å². The van der Waals surface area contributed by atoms with Crippen molar-refractivity contribution < 1.29 is 9.53 Å². The van der Waals surface area contributed by atoms with Gasteiger partial charge in [0.1, 0.15) is 13.2 Å². The van der Waals surface area contributed by atoms with Crippen molar-refractivity contribution in [2.45, 2.75) is 6.61 Å². The van der Waals surface area contributed by atoms with Gasteiger partial charge in [-0.1, -0.05) is 23.7 Å². The van der Waals surface area contributed by atoms with Crippen LogP contribution < -0.4 is 0 Å². The summed E-state index contributed by atoms with van der Waals surface area (Å²) in [6.07, 6.45) is -0.526. The van der Waals surface area contributed by atoms with Gasteiger partial charge in [-0.25, -0.2) is 4.79 Å². The topological polar surface area (TPSA) is 53.3 Å². The SMILES string of the molecule is CN(CC#N)C(=O)OCc1cccc(Cl)c1. The molecule has 0 spiro atoms. The molecule has 0 heterocycles. The van der Waals surface area contributed by atoms with Gasteiger partial charge in [0.25, 0.3) is 0 Å². The third-order valence-corrected chi connectivity index (χ3v) is 2.11. The summed E-state index contributed by atoms with van der Waals surface area (Å²) < 4.78 is 4.97. The van der Waals surface area contributed by atoms with Crippen molar-refractivity contribution in [3.63, 3.8) is 0 Å². The molecular weight excluding hydrogens is 228 g/mol. The Bertz CT molecular complexity index is 415. The minimum absolute atomic E-state index is 0.00831. The second-order valence-electron chi connectivity index (χ2n) is 3.20. The van der Waals surface area contributed by atoms with E-state index < -0.39 is 6.09 Å². The van der Waals surface area contributed by atoms with Crippen molar-refractivity contribution in [2.75, 3.05) is 13.6 Å². The lowest BCUT2D eigenvalue weighted by molar-refractivity contribution is 0.108. The van der Waals surface area contributed by atoms with Crippen molar-refractivity contribution in [1.29, 1.82) is 5.26 Å². The van der Waals surface area contributed by atoms with Gasteiger partial charge < -0.3 is 4.74 Å². The first kappa shape index (κ1) is 12.3. The molecule has 4 nitrogen and oxygen atoms in total. The van der Waals surface area contributed by atoms with Crippen LogP contribution in [0.3, 0.4) is 0 Å². The van der Waals surface area contributed by atoms with E-state index in [1.165, 1.54) is 11.9 Å². The molecule has 0 saturated carbocycles. The highest BCUT2D eigenvalue weighted by atomic mass is 35.5. The van der Waals surface area contributed by atoms with Gasteiger partial charge >= 0.3 is 6.09 Å². The predicted octanol–water partition coefficient (Wildman–Crippen LogP) is 2.43. The number of rotatable bonds is 3. The molecule has 1 rings (SSSR count). The minimum atomic E-state index is -0.526. The second kappa shape index (κ2) is 5.99. The largest absolute Gasteiger partial charge is 0.445 e. The first-order chi connectivity index (χ1) is 7.63. The molecule has 0 aliphatic heterocycles. The number of halogens is 1. The summed E-state index contributed by atoms with van der Waals surface area (Å²) in [5.74, 6) is 0.